The van der Waals surface area contributed by atoms with E-state index in [9.17, 15) is 0 Å². The Morgan fingerprint density at radius 3 is 2.43 bits per heavy atom. The number of hydrogen-bond donors (Lipinski definition) is 1. The van der Waals surface area contributed by atoms with E-state index in [1.807, 2.05) is 0 Å². The van der Waals surface area contributed by atoms with E-state index in [1.54, 1.807) is 0 Å². The van der Waals surface area contributed by atoms with Crippen molar-refractivity contribution in [2.75, 3.05) is 6.54 Å². The van der Waals surface area contributed by atoms with Gasteiger partial charge in [0, 0.05) is 24.5 Å². The summed E-state index contributed by atoms with van der Waals surface area (Å²) in [4.78, 5) is 0. The molecule has 0 amide bonds. The molecule has 0 spiro atoms. The number of nitrogens with zero attached hydrogens (tertiary/aromatic N) is 1. The molecular weight excluding hydrogens is 256 g/mol. The van der Waals surface area contributed by atoms with Gasteiger partial charge in [-0.25, -0.2) is 0 Å². The first-order chi connectivity index (χ1) is 9.99. The molecule has 1 aromatic carbocycles. The molecule has 0 radical (unpaired) electrons. The van der Waals surface area contributed by atoms with Crippen LogP contribution in [0, 0.1) is 26.7 Å². The first-order valence-electron chi connectivity index (χ1n) is 7.90. The minimum atomic E-state index is 0.695. The van der Waals surface area contributed by atoms with Crippen LogP contribution in [0.4, 0.5) is 0 Å². The molecule has 2 rings (SSSR count). The van der Waals surface area contributed by atoms with Crippen molar-refractivity contribution in [1.29, 1.82) is 0 Å². The van der Waals surface area contributed by atoms with Gasteiger partial charge in [-0.15, -0.1) is 0 Å². The molecule has 0 aliphatic heterocycles. The van der Waals surface area contributed by atoms with Gasteiger partial charge in [0.1, 0.15) is 0 Å². The molecule has 0 atom stereocenters. The third kappa shape index (κ3) is 3.98. The van der Waals surface area contributed by atoms with E-state index in [0.717, 1.165) is 19.6 Å². The molecule has 1 heterocycles. The summed E-state index contributed by atoms with van der Waals surface area (Å²) < 4.78 is 2.43. The Kier molecular flexibility index (Phi) is 5.24. The lowest BCUT2D eigenvalue weighted by molar-refractivity contribution is 0.551. The number of hydrogen-bond acceptors (Lipinski definition) is 1. The van der Waals surface area contributed by atoms with Gasteiger partial charge in [0.15, 0.2) is 0 Å². The van der Waals surface area contributed by atoms with E-state index >= 15 is 0 Å². The van der Waals surface area contributed by atoms with Crippen LogP contribution in [0.15, 0.2) is 30.3 Å². The molecule has 0 aliphatic carbocycles. The average molecular weight is 284 g/mol. The molecule has 21 heavy (non-hydrogen) atoms. The van der Waals surface area contributed by atoms with Crippen molar-refractivity contribution < 1.29 is 0 Å². The lowest BCUT2D eigenvalue weighted by Gasteiger charge is -2.12. The van der Waals surface area contributed by atoms with Crippen molar-refractivity contribution in [3.05, 3.63) is 58.4 Å². The largest absolute Gasteiger partial charge is 0.344 e. The van der Waals surface area contributed by atoms with Crippen LogP contribution in [0.2, 0.25) is 0 Å². The highest BCUT2D eigenvalue weighted by Gasteiger charge is 2.10. The molecule has 0 saturated heterocycles. The SMILES string of the molecule is Cc1ccccc1Cn1c(C)cc(CNCC(C)C)c1C. The van der Waals surface area contributed by atoms with Gasteiger partial charge in [0.05, 0.1) is 0 Å². The molecule has 2 nitrogen and oxygen atoms in total. The monoisotopic (exact) mass is 284 g/mol. The molecule has 0 saturated carbocycles. The van der Waals surface area contributed by atoms with Crippen molar-refractivity contribution in [1.82, 2.24) is 9.88 Å². The van der Waals surface area contributed by atoms with Crippen molar-refractivity contribution >= 4 is 0 Å². The predicted molar refractivity (Wildman–Crippen MR) is 90.7 cm³/mol. The molecule has 2 heteroatoms. The second kappa shape index (κ2) is 6.95. The Morgan fingerprint density at radius 1 is 1.05 bits per heavy atom. The van der Waals surface area contributed by atoms with Crippen LogP contribution in [0.3, 0.4) is 0 Å². The molecule has 0 bridgehead atoms. The zero-order chi connectivity index (χ0) is 15.4. The summed E-state index contributed by atoms with van der Waals surface area (Å²) in [6.45, 7) is 14.1. The number of aromatic nitrogens is 1. The van der Waals surface area contributed by atoms with Gasteiger partial charge in [0.25, 0.3) is 0 Å². The summed E-state index contributed by atoms with van der Waals surface area (Å²) in [6, 6.07) is 11.0. The first kappa shape index (κ1) is 15.8. The summed E-state index contributed by atoms with van der Waals surface area (Å²) >= 11 is 0. The lowest BCUT2D eigenvalue weighted by atomic mass is 10.1. The van der Waals surface area contributed by atoms with Crippen molar-refractivity contribution in [2.24, 2.45) is 5.92 Å². The van der Waals surface area contributed by atoms with E-state index < -0.39 is 0 Å². The minimum Gasteiger partial charge on any atom is -0.344 e. The topological polar surface area (TPSA) is 17.0 Å². The fraction of sp³-hybridized carbons (Fsp3) is 0.474. The summed E-state index contributed by atoms with van der Waals surface area (Å²) in [7, 11) is 0. The number of aryl methyl sites for hydroxylation is 2. The van der Waals surface area contributed by atoms with Crippen LogP contribution in [-0.2, 0) is 13.1 Å². The Balaban J connectivity index is 2.14. The van der Waals surface area contributed by atoms with E-state index in [0.29, 0.717) is 5.92 Å². The van der Waals surface area contributed by atoms with Gasteiger partial charge in [-0.1, -0.05) is 38.1 Å². The Morgan fingerprint density at radius 2 is 1.76 bits per heavy atom. The fourth-order valence-corrected chi connectivity index (χ4v) is 2.75. The van der Waals surface area contributed by atoms with Gasteiger partial charge in [-0.3, -0.25) is 0 Å². The van der Waals surface area contributed by atoms with Crippen LogP contribution >= 0.6 is 0 Å². The molecule has 2 aromatic rings. The molecular formula is C19H28N2. The Bertz CT molecular complexity index is 594. The zero-order valence-corrected chi connectivity index (χ0v) is 14.0. The van der Waals surface area contributed by atoms with E-state index in [-0.39, 0.29) is 0 Å². The van der Waals surface area contributed by atoms with Crippen LogP contribution in [0.25, 0.3) is 0 Å². The summed E-state index contributed by atoms with van der Waals surface area (Å²) in [6.07, 6.45) is 0. The fourth-order valence-electron chi connectivity index (χ4n) is 2.75. The summed E-state index contributed by atoms with van der Waals surface area (Å²) in [5.41, 5.74) is 6.91. The standard InChI is InChI=1S/C19H28N2/c1-14(2)11-20-12-19-10-16(4)21(17(19)5)13-18-9-7-6-8-15(18)3/h6-10,14,20H,11-13H2,1-5H3. The average Bonchev–Trinajstić information content (AvgIpc) is 2.68. The van der Waals surface area contributed by atoms with Crippen LogP contribution < -0.4 is 5.32 Å². The lowest BCUT2D eigenvalue weighted by Crippen LogP contribution is -2.19. The van der Waals surface area contributed by atoms with Gasteiger partial charge in [-0.2, -0.15) is 0 Å². The summed E-state index contributed by atoms with van der Waals surface area (Å²) in [5, 5.41) is 3.54. The van der Waals surface area contributed by atoms with Crippen LogP contribution in [-0.4, -0.2) is 11.1 Å². The number of benzene rings is 1. The minimum absolute atomic E-state index is 0.695. The van der Waals surface area contributed by atoms with Gasteiger partial charge in [-0.05, 0) is 56.0 Å². The maximum atomic E-state index is 3.54. The molecule has 114 valence electrons. The molecule has 0 aliphatic rings. The number of nitrogens with one attached hydrogen (secondary N) is 1. The van der Waals surface area contributed by atoms with Crippen LogP contribution in [0.5, 0.6) is 0 Å². The Hall–Kier alpha value is -1.54. The van der Waals surface area contributed by atoms with Gasteiger partial charge < -0.3 is 9.88 Å². The normalized spacial score (nSPS) is 11.3. The molecule has 1 N–H and O–H groups in total. The maximum absolute atomic E-state index is 3.54. The smallest absolute Gasteiger partial charge is 0.0477 e. The van der Waals surface area contributed by atoms with Crippen molar-refractivity contribution in [2.45, 2.75) is 47.7 Å². The second-order valence-corrected chi connectivity index (χ2v) is 6.43. The predicted octanol–water partition coefficient (Wildman–Crippen LogP) is 4.21. The Labute approximate surface area is 129 Å². The van der Waals surface area contributed by atoms with Crippen LogP contribution in [0.1, 0.15) is 41.9 Å². The number of rotatable bonds is 6. The third-order valence-corrected chi connectivity index (χ3v) is 4.14. The zero-order valence-electron chi connectivity index (χ0n) is 14.0. The van der Waals surface area contributed by atoms with E-state index in [1.165, 1.54) is 28.1 Å². The highest BCUT2D eigenvalue weighted by Crippen LogP contribution is 2.18. The van der Waals surface area contributed by atoms with E-state index in [4.69, 9.17) is 0 Å². The highest BCUT2D eigenvalue weighted by molar-refractivity contribution is 5.31. The highest BCUT2D eigenvalue weighted by atomic mass is 15.0. The van der Waals surface area contributed by atoms with Crippen molar-refractivity contribution in [3.8, 4) is 0 Å². The summed E-state index contributed by atoms with van der Waals surface area (Å²) in [5.74, 6) is 0.695. The second-order valence-electron chi connectivity index (χ2n) is 6.43. The quantitative estimate of drug-likeness (QED) is 0.841. The maximum Gasteiger partial charge on any atom is 0.0477 e. The molecule has 1 aromatic heterocycles. The van der Waals surface area contributed by atoms with Gasteiger partial charge >= 0.3 is 0 Å². The molecule has 0 fully saturated rings. The first-order valence-corrected chi connectivity index (χ1v) is 7.90. The van der Waals surface area contributed by atoms with Gasteiger partial charge in [0.2, 0.25) is 0 Å². The third-order valence-electron chi connectivity index (χ3n) is 4.14. The van der Waals surface area contributed by atoms with Crippen molar-refractivity contribution in [3.63, 3.8) is 0 Å². The van der Waals surface area contributed by atoms with E-state index in [2.05, 4.69) is 74.8 Å². The molecule has 0 unspecified atom stereocenters.